The standard InChI is InChI=1S/C29H30FN7O3/c1-17-12-22(30)24(36-27(38)20-8-10-33-25(13-20)29(3,4)16-32)15-21(17)23(6-9-31)35-18(2)19-7-11-34-26(14-19)37-28(39)40-5/h6-15,18H,31H2,1-5H3,(H,36,38)(H,34,37,39)/b9-6-,35-23?. The number of aryl methyl sites for hydroxylation is 1. The summed E-state index contributed by atoms with van der Waals surface area (Å²) in [6.45, 7) is 6.95. The predicted molar refractivity (Wildman–Crippen MR) is 151 cm³/mol. The maximum absolute atomic E-state index is 15.0. The molecular formula is C29H30FN7O3. The SMILES string of the molecule is COC(=O)Nc1cc(C(C)N=C(/C=C\N)c2cc(NC(=O)c3ccnc(C(C)(C)C#N)c3)c(F)cc2C)ccn1. The molecule has 1 atom stereocenters. The summed E-state index contributed by atoms with van der Waals surface area (Å²) < 4.78 is 19.6. The van der Waals surface area contributed by atoms with Gasteiger partial charge in [-0.2, -0.15) is 5.26 Å². The number of nitrogens with one attached hydrogen (secondary N) is 2. The lowest BCUT2D eigenvalue weighted by Gasteiger charge is -2.16. The quantitative estimate of drug-likeness (QED) is 0.331. The molecule has 2 heterocycles. The molecule has 0 aliphatic carbocycles. The van der Waals surface area contributed by atoms with E-state index in [0.717, 1.165) is 5.56 Å². The number of hydrogen-bond donors (Lipinski definition) is 3. The number of ether oxygens (including phenoxy) is 1. The largest absolute Gasteiger partial charge is 0.453 e. The zero-order valence-electron chi connectivity index (χ0n) is 22.8. The molecule has 0 spiro atoms. The molecule has 3 aromatic rings. The molecule has 2 amide bonds. The van der Waals surface area contributed by atoms with E-state index in [-0.39, 0.29) is 11.3 Å². The number of halogens is 1. The van der Waals surface area contributed by atoms with Crippen molar-refractivity contribution >= 4 is 29.2 Å². The number of anilines is 2. The first-order valence-corrected chi connectivity index (χ1v) is 12.3. The molecule has 2 aromatic heterocycles. The number of carbonyl (C=O) groups excluding carboxylic acids is 2. The number of aliphatic imine (C=N–C) groups is 1. The Bertz CT molecular complexity index is 1530. The zero-order chi connectivity index (χ0) is 29.4. The Balaban J connectivity index is 1.95. The Labute approximate surface area is 231 Å². The van der Waals surface area contributed by atoms with Gasteiger partial charge in [-0.1, -0.05) is 0 Å². The molecule has 10 nitrogen and oxygen atoms in total. The van der Waals surface area contributed by atoms with E-state index in [2.05, 4.69) is 31.4 Å². The molecule has 0 aliphatic rings. The second-order valence-electron chi connectivity index (χ2n) is 9.41. The molecule has 0 saturated carbocycles. The third-order valence-corrected chi connectivity index (χ3v) is 6.05. The van der Waals surface area contributed by atoms with Crippen LogP contribution in [-0.2, 0) is 10.2 Å². The van der Waals surface area contributed by atoms with Gasteiger partial charge >= 0.3 is 6.09 Å². The molecule has 0 saturated heterocycles. The first-order valence-electron chi connectivity index (χ1n) is 12.3. The maximum Gasteiger partial charge on any atom is 0.412 e. The summed E-state index contributed by atoms with van der Waals surface area (Å²) in [5.41, 5.74) is 7.71. The average molecular weight is 544 g/mol. The van der Waals surface area contributed by atoms with Gasteiger partial charge in [-0.3, -0.25) is 20.1 Å². The molecular weight excluding hydrogens is 513 g/mol. The van der Waals surface area contributed by atoms with Gasteiger partial charge in [-0.05, 0) is 87.5 Å². The van der Waals surface area contributed by atoms with Gasteiger partial charge in [0.15, 0.2) is 0 Å². The van der Waals surface area contributed by atoms with Crippen molar-refractivity contribution < 1.29 is 18.7 Å². The van der Waals surface area contributed by atoms with Crippen molar-refractivity contribution in [2.75, 3.05) is 17.7 Å². The fraction of sp³-hybridized carbons (Fsp3) is 0.241. The van der Waals surface area contributed by atoms with Crippen LogP contribution in [-0.4, -0.2) is 34.8 Å². The van der Waals surface area contributed by atoms with Crippen LogP contribution in [0.4, 0.5) is 20.7 Å². The zero-order valence-corrected chi connectivity index (χ0v) is 22.8. The lowest BCUT2D eigenvalue weighted by atomic mass is 9.90. The van der Waals surface area contributed by atoms with Crippen LogP contribution in [0.3, 0.4) is 0 Å². The number of hydrogen-bond acceptors (Lipinski definition) is 8. The molecule has 3 rings (SSSR count). The summed E-state index contributed by atoms with van der Waals surface area (Å²) >= 11 is 0. The first-order chi connectivity index (χ1) is 19.0. The van der Waals surface area contributed by atoms with Gasteiger partial charge in [-0.25, -0.2) is 14.2 Å². The van der Waals surface area contributed by atoms with E-state index in [9.17, 15) is 19.2 Å². The van der Waals surface area contributed by atoms with Crippen LogP contribution >= 0.6 is 0 Å². The van der Waals surface area contributed by atoms with Gasteiger partial charge < -0.3 is 15.8 Å². The van der Waals surface area contributed by atoms with Crippen LogP contribution < -0.4 is 16.4 Å². The van der Waals surface area contributed by atoms with Crippen molar-refractivity contribution in [1.29, 1.82) is 5.26 Å². The van der Waals surface area contributed by atoms with Crippen LogP contribution in [0.1, 0.15) is 59.6 Å². The maximum atomic E-state index is 15.0. The van der Waals surface area contributed by atoms with Crippen LogP contribution in [0.2, 0.25) is 0 Å². The van der Waals surface area contributed by atoms with Crippen molar-refractivity contribution in [3.63, 3.8) is 0 Å². The van der Waals surface area contributed by atoms with Gasteiger partial charge in [0.25, 0.3) is 5.91 Å². The molecule has 206 valence electrons. The number of allylic oxidation sites excluding steroid dienone is 1. The number of nitriles is 1. The van der Waals surface area contributed by atoms with Gasteiger partial charge in [0.2, 0.25) is 0 Å². The highest BCUT2D eigenvalue weighted by Crippen LogP contribution is 2.26. The minimum atomic E-state index is -0.903. The number of rotatable bonds is 8. The number of benzene rings is 1. The summed E-state index contributed by atoms with van der Waals surface area (Å²) in [6, 6.07) is 10.9. The van der Waals surface area contributed by atoms with E-state index in [4.69, 9.17) is 10.7 Å². The molecule has 40 heavy (non-hydrogen) atoms. The van der Waals surface area contributed by atoms with E-state index >= 15 is 0 Å². The van der Waals surface area contributed by atoms with E-state index in [1.165, 1.54) is 50.0 Å². The average Bonchev–Trinajstić information content (AvgIpc) is 2.94. The molecule has 1 unspecified atom stereocenters. The van der Waals surface area contributed by atoms with Crippen molar-refractivity contribution in [2.24, 2.45) is 10.7 Å². The molecule has 11 heteroatoms. The third kappa shape index (κ3) is 7.05. The Morgan fingerprint density at radius 1 is 1.18 bits per heavy atom. The Morgan fingerprint density at radius 3 is 2.58 bits per heavy atom. The van der Waals surface area contributed by atoms with Crippen LogP contribution in [0.5, 0.6) is 0 Å². The number of nitrogens with zero attached hydrogens (tertiary/aromatic N) is 4. The molecule has 0 radical (unpaired) electrons. The van der Waals surface area contributed by atoms with Gasteiger partial charge in [0, 0.05) is 23.5 Å². The summed E-state index contributed by atoms with van der Waals surface area (Å²) in [5.74, 6) is -0.893. The van der Waals surface area contributed by atoms with Gasteiger partial charge in [-0.15, -0.1) is 0 Å². The van der Waals surface area contributed by atoms with E-state index < -0.39 is 29.3 Å². The normalized spacial score (nSPS) is 12.5. The first kappa shape index (κ1) is 29.4. The second kappa shape index (κ2) is 12.6. The monoisotopic (exact) mass is 543 g/mol. The minimum Gasteiger partial charge on any atom is -0.453 e. The molecule has 1 aromatic carbocycles. The van der Waals surface area contributed by atoms with E-state index in [1.54, 1.807) is 39.0 Å². The number of amides is 2. The molecule has 0 fully saturated rings. The molecule has 0 bridgehead atoms. The summed E-state index contributed by atoms with van der Waals surface area (Å²) in [7, 11) is 1.25. The number of carbonyl (C=O) groups is 2. The highest BCUT2D eigenvalue weighted by molar-refractivity contribution is 6.11. The third-order valence-electron chi connectivity index (χ3n) is 6.05. The number of methoxy groups -OCH3 is 1. The fourth-order valence-electron chi connectivity index (χ4n) is 3.72. The van der Waals surface area contributed by atoms with E-state index in [0.29, 0.717) is 28.4 Å². The van der Waals surface area contributed by atoms with Crippen molar-refractivity contribution in [3.8, 4) is 6.07 Å². The number of aromatic nitrogens is 2. The second-order valence-corrected chi connectivity index (χ2v) is 9.41. The minimum absolute atomic E-state index is 0.0530. The topological polar surface area (TPSA) is 155 Å². The Kier molecular flexibility index (Phi) is 9.29. The summed E-state index contributed by atoms with van der Waals surface area (Å²) in [4.78, 5) is 37.6. The van der Waals surface area contributed by atoms with Gasteiger partial charge in [0.05, 0.1) is 41.7 Å². The highest BCUT2D eigenvalue weighted by Gasteiger charge is 2.23. The van der Waals surface area contributed by atoms with Crippen LogP contribution in [0, 0.1) is 24.1 Å². The van der Waals surface area contributed by atoms with Crippen molar-refractivity contribution in [1.82, 2.24) is 9.97 Å². The summed E-state index contributed by atoms with van der Waals surface area (Å²) in [6.07, 6.45) is 5.21. The van der Waals surface area contributed by atoms with Crippen molar-refractivity contribution in [3.05, 3.63) is 94.8 Å². The van der Waals surface area contributed by atoms with Crippen molar-refractivity contribution in [2.45, 2.75) is 39.2 Å². The fourth-order valence-corrected chi connectivity index (χ4v) is 3.72. The van der Waals surface area contributed by atoms with Gasteiger partial charge in [0.1, 0.15) is 11.6 Å². The lowest BCUT2D eigenvalue weighted by Crippen LogP contribution is -2.19. The molecule has 0 aliphatic heterocycles. The highest BCUT2D eigenvalue weighted by atomic mass is 19.1. The Morgan fingerprint density at radius 2 is 1.90 bits per heavy atom. The van der Waals surface area contributed by atoms with Crippen LogP contribution in [0.15, 0.2) is 66.1 Å². The molecule has 4 N–H and O–H groups in total. The predicted octanol–water partition coefficient (Wildman–Crippen LogP) is 5.18. The number of nitrogens with two attached hydrogens (primary N) is 1. The summed E-state index contributed by atoms with van der Waals surface area (Å²) in [5, 5.41) is 14.5. The van der Waals surface area contributed by atoms with E-state index in [1.807, 2.05) is 6.92 Å². The Hall–Kier alpha value is -5.11. The number of pyridine rings is 2. The smallest absolute Gasteiger partial charge is 0.412 e. The lowest BCUT2D eigenvalue weighted by molar-refractivity contribution is 0.102. The van der Waals surface area contributed by atoms with Crippen LogP contribution in [0.25, 0.3) is 0 Å².